The zero-order valence-corrected chi connectivity index (χ0v) is 22.8. The van der Waals surface area contributed by atoms with Crippen molar-refractivity contribution in [2.24, 2.45) is 5.92 Å². The summed E-state index contributed by atoms with van der Waals surface area (Å²) in [4.78, 5) is 19.4. The van der Waals surface area contributed by atoms with Gasteiger partial charge in [-0.05, 0) is 74.2 Å². The number of likely N-dealkylation sites (tertiary alicyclic amines) is 2. The van der Waals surface area contributed by atoms with E-state index in [1.54, 1.807) is 0 Å². The predicted molar refractivity (Wildman–Crippen MR) is 155 cm³/mol. The van der Waals surface area contributed by atoms with Crippen molar-refractivity contribution in [1.82, 2.24) is 9.80 Å². The second-order valence-corrected chi connectivity index (χ2v) is 11.9. The van der Waals surface area contributed by atoms with Gasteiger partial charge in [-0.2, -0.15) is 0 Å². The van der Waals surface area contributed by atoms with Crippen molar-refractivity contribution in [3.05, 3.63) is 108 Å². The van der Waals surface area contributed by atoms with Gasteiger partial charge in [0.15, 0.2) is 0 Å². The number of rotatable bonds is 5. The Balaban J connectivity index is 1.24. The van der Waals surface area contributed by atoms with Gasteiger partial charge in [-0.25, -0.2) is 0 Å². The van der Waals surface area contributed by atoms with E-state index < -0.39 is 0 Å². The molecule has 3 unspecified atom stereocenters. The lowest BCUT2D eigenvalue weighted by Gasteiger charge is -2.41. The first-order valence-electron chi connectivity index (χ1n) is 14.9. The molecule has 38 heavy (non-hydrogen) atoms. The van der Waals surface area contributed by atoms with Crippen LogP contribution in [0.4, 0.5) is 0 Å². The van der Waals surface area contributed by atoms with E-state index in [2.05, 4.69) is 108 Å². The highest BCUT2D eigenvalue weighted by Gasteiger charge is 2.48. The fourth-order valence-electron chi connectivity index (χ4n) is 7.85. The predicted octanol–water partition coefficient (Wildman–Crippen LogP) is 7.22. The maximum atomic E-state index is 14.3. The van der Waals surface area contributed by atoms with E-state index >= 15 is 0 Å². The minimum atomic E-state index is 0.104. The summed E-state index contributed by atoms with van der Waals surface area (Å²) in [5.41, 5.74) is 4.21. The largest absolute Gasteiger partial charge is 0.337 e. The molecule has 2 heterocycles. The smallest absolute Gasteiger partial charge is 0.226 e. The molecule has 3 aliphatic rings. The molecule has 1 saturated carbocycles. The molecule has 0 radical (unpaired) electrons. The summed E-state index contributed by atoms with van der Waals surface area (Å²) in [6.07, 6.45) is 6.93. The molecule has 3 aromatic rings. The van der Waals surface area contributed by atoms with Gasteiger partial charge < -0.3 is 4.90 Å². The average Bonchev–Trinajstić information content (AvgIpc) is 3.35. The van der Waals surface area contributed by atoms with Gasteiger partial charge in [-0.15, -0.1) is 0 Å². The molecule has 1 amide bonds. The molecule has 5 atom stereocenters. The molecular formula is C35H42N2O. The van der Waals surface area contributed by atoms with Crippen LogP contribution < -0.4 is 0 Å². The highest BCUT2D eigenvalue weighted by molar-refractivity contribution is 5.81. The summed E-state index contributed by atoms with van der Waals surface area (Å²) in [5.74, 6) is 1.86. The second-order valence-electron chi connectivity index (χ2n) is 11.9. The Kier molecular flexibility index (Phi) is 7.65. The van der Waals surface area contributed by atoms with E-state index in [1.165, 1.54) is 42.4 Å². The number of nitrogens with zero attached hydrogens (tertiary/aromatic N) is 2. The van der Waals surface area contributed by atoms with Crippen LogP contribution in [0, 0.1) is 5.92 Å². The number of hydrogen-bond donors (Lipinski definition) is 0. The van der Waals surface area contributed by atoms with E-state index in [1.807, 2.05) is 0 Å². The summed E-state index contributed by atoms with van der Waals surface area (Å²) < 4.78 is 0. The summed E-state index contributed by atoms with van der Waals surface area (Å²) in [6, 6.07) is 33.4. The van der Waals surface area contributed by atoms with E-state index in [9.17, 15) is 4.79 Å². The molecule has 0 aromatic heterocycles. The molecule has 3 nitrogen and oxygen atoms in total. The third kappa shape index (κ3) is 5.06. The van der Waals surface area contributed by atoms with Crippen LogP contribution in [0.1, 0.15) is 79.9 Å². The van der Waals surface area contributed by atoms with Crippen LogP contribution in [-0.2, 0) is 4.79 Å². The Morgan fingerprint density at radius 3 is 1.79 bits per heavy atom. The van der Waals surface area contributed by atoms with Crippen LogP contribution in [0.15, 0.2) is 91.0 Å². The van der Waals surface area contributed by atoms with Gasteiger partial charge in [0.2, 0.25) is 5.91 Å². The maximum Gasteiger partial charge on any atom is 0.226 e. The van der Waals surface area contributed by atoms with Crippen molar-refractivity contribution in [3.8, 4) is 0 Å². The first kappa shape index (κ1) is 25.4. The Labute approximate surface area is 228 Å². The zero-order chi connectivity index (χ0) is 25.9. The van der Waals surface area contributed by atoms with Gasteiger partial charge in [0, 0.05) is 30.5 Å². The van der Waals surface area contributed by atoms with Gasteiger partial charge in [0.25, 0.3) is 0 Å². The van der Waals surface area contributed by atoms with Gasteiger partial charge in [0.05, 0.1) is 0 Å². The van der Waals surface area contributed by atoms with Crippen molar-refractivity contribution >= 4 is 5.91 Å². The summed E-state index contributed by atoms with van der Waals surface area (Å²) in [6.45, 7) is 5.38. The number of carbonyl (C=O) groups excluding carboxylic acids is 1. The number of carbonyl (C=O) groups is 1. The monoisotopic (exact) mass is 506 g/mol. The standard InChI is InChI=1S/C35H42N2O/c1-26-34(36-23-21-28(22-24-36)27-13-5-2-6-14-27)33(30-17-9-4-10-18-30)25-37(26)35(38)32-20-12-11-19-31(32)29-15-7-3-8-16-29/h2-10,13-18,26,28,31-34H,11-12,19-25H2,1H3/t26?,31-,32-,33?,34?/m0/s1. The van der Waals surface area contributed by atoms with E-state index in [4.69, 9.17) is 0 Å². The van der Waals surface area contributed by atoms with E-state index in [0.29, 0.717) is 29.7 Å². The minimum Gasteiger partial charge on any atom is -0.337 e. The SMILES string of the molecule is CC1C(N2CCC(c3ccccc3)CC2)C(c2ccccc2)CN1C(=O)[C@H]1CCCC[C@H]1c1ccccc1. The van der Waals surface area contributed by atoms with Gasteiger partial charge in [-0.3, -0.25) is 9.69 Å². The van der Waals surface area contributed by atoms with Crippen molar-refractivity contribution < 1.29 is 4.79 Å². The fourth-order valence-corrected chi connectivity index (χ4v) is 7.85. The quantitative estimate of drug-likeness (QED) is 0.365. The Morgan fingerprint density at radius 2 is 1.18 bits per heavy atom. The normalized spacial score (nSPS) is 28.9. The number of amides is 1. The maximum absolute atomic E-state index is 14.3. The molecule has 3 fully saturated rings. The zero-order valence-electron chi connectivity index (χ0n) is 22.8. The summed E-state index contributed by atoms with van der Waals surface area (Å²) in [5, 5.41) is 0. The van der Waals surface area contributed by atoms with E-state index in [0.717, 1.165) is 32.5 Å². The van der Waals surface area contributed by atoms with Crippen LogP contribution in [0.2, 0.25) is 0 Å². The average molecular weight is 507 g/mol. The Morgan fingerprint density at radius 1 is 0.658 bits per heavy atom. The highest BCUT2D eigenvalue weighted by Crippen LogP contribution is 2.43. The van der Waals surface area contributed by atoms with Gasteiger partial charge >= 0.3 is 0 Å². The molecule has 2 saturated heterocycles. The van der Waals surface area contributed by atoms with Gasteiger partial charge in [0.1, 0.15) is 0 Å². The van der Waals surface area contributed by atoms with Crippen molar-refractivity contribution in [1.29, 1.82) is 0 Å². The fraction of sp³-hybridized carbons (Fsp3) is 0.457. The topological polar surface area (TPSA) is 23.6 Å². The summed E-state index contributed by atoms with van der Waals surface area (Å²) in [7, 11) is 0. The lowest BCUT2D eigenvalue weighted by Crippen LogP contribution is -2.50. The summed E-state index contributed by atoms with van der Waals surface area (Å²) >= 11 is 0. The van der Waals surface area contributed by atoms with Crippen molar-refractivity contribution in [3.63, 3.8) is 0 Å². The van der Waals surface area contributed by atoms with E-state index in [-0.39, 0.29) is 12.0 Å². The first-order valence-corrected chi connectivity index (χ1v) is 14.9. The number of hydrogen-bond acceptors (Lipinski definition) is 2. The van der Waals surface area contributed by atoms with Crippen LogP contribution in [0.5, 0.6) is 0 Å². The lowest BCUT2D eigenvalue weighted by atomic mass is 9.74. The molecule has 2 aliphatic heterocycles. The van der Waals surface area contributed by atoms with Crippen LogP contribution in [0.3, 0.4) is 0 Å². The molecule has 3 heteroatoms. The number of benzene rings is 3. The molecule has 6 rings (SSSR count). The van der Waals surface area contributed by atoms with Crippen LogP contribution >= 0.6 is 0 Å². The molecular weight excluding hydrogens is 464 g/mol. The highest BCUT2D eigenvalue weighted by atomic mass is 16.2. The Bertz CT molecular complexity index is 1170. The Hall–Kier alpha value is -2.91. The third-order valence-electron chi connectivity index (χ3n) is 9.84. The van der Waals surface area contributed by atoms with Gasteiger partial charge in [-0.1, -0.05) is 104 Å². The molecule has 1 aliphatic carbocycles. The van der Waals surface area contributed by atoms with Crippen molar-refractivity contribution in [2.45, 2.75) is 75.3 Å². The number of piperidine rings is 1. The molecule has 3 aromatic carbocycles. The lowest BCUT2D eigenvalue weighted by molar-refractivity contribution is -0.138. The van der Waals surface area contributed by atoms with Crippen LogP contribution in [0.25, 0.3) is 0 Å². The molecule has 198 valence electrons. The molecule has 0 spiro atoms. The third-order valence-corrected chi connectivity index (χ3v) is 9.84. The van der Waals surface area contributed by atoms with Crippen LogP contribution in [-0.4, -0.2) is 47.4 Å². The minimum absolute atomic E-state index is 0.104. The second kappa shape index (κ2) is 11.5. The first-order chi connectivity index (χ1) is 18.7. The molecule has 0 N–H and O–H groups in total. The molecule has 0 bridgehead atoms. The van der Waals surface area contributed by atoms with Crippen molar-refractivity contribution in [2.75, 3.05) is 19.6 Å².